The topological polar surface area (TPSA) is 17.1 Å². The molecule has 1 heteroatoms. The van der Waals surface area contributed by atoms with E-state index in [1.807, 2.05) is 0 Å². The van der Waals surface area contributed by atoms with Crippen LogP contribution >= 0.6 is 0 Å². The smallest absolute Gasteiger partial charge is 0.155 e. The van der Waals surface area contributed by atoms with E-state index in [1.165, 1.54) is 12.8 Å². The van der Waals surface area contributed by atoms with E-state index in [2.05, 4.69) is 19.9 Å². The molecule has 1 fully saturated rings. The lowest BCUT2D eigenvalue weighted by molar-refractivity contribution is -0.118. The van der Waals surface area contributed by atoms with Crippen molar-refractivity contribution in [2.75, 3.05) is 0 Å². The van der Waals surface area contributed by atoms with Gasteiger partial charge in [0.15, 0.2) is 5.78 Å². The first-order chi connectivity index (χ1) is 6.15. The van der Waals surface area contributed by atoms with Gasteiger partial charge in [-0.1, -0.05) is 19.9 Å². The van der Waals surface area contributed by atoms with E-state index in [-0.39, 0.29) is 0 Å². The van der Waals surface area contributed by atoms with Crippen molar-refractivity contribution in [3.63, 3.8) is 0 Å². The average molecular weight is 178 g/mol. The molecular formula is C12H18O. The van der Waals surface area contributed by atoms with Gasteiger partial charge >= 0.3 is 0 Å². The van der Waals surface area contributed by atoms with Crippen LogP contribution in [0.5, 0.6) is 0 Å². The standard InChI is InChI=1S/C12H18O/c1-9-5-6-10(2)12(9)7-3-4-11(13)8-12/h3-4,9-10H,5-8H2,1-2H3/t9-,10-/m1/s1. The summed E-state index contributed by atoms with van der Waals surface area (Å²) in [7, 11) is 0. The first-order valence-corrected chi connectivity index (χ1v) is 5.34. The zero-order chi connectivity index (χ0) is 9.47. The summed E-state index contributed by atoms with van der Waals surface area (Å²) in [5, 5.41) is 0. The predicted octanol–water partition coefficient (Wildman–Crippen LogP) is 2.96. The molecule has 0 unspecified atom stereocenters. The second-order valence-electron chi connectivity index (χ2n) is 4.86. The first kappa shape index (κ1) is 8.98. The van der Waals surface area contributed by atoms with Gasteiger partial charge in [0.1, 0.15) is 0 Å². The molecule has 2 aliphatic rings. The Morgan fingerprint density at radius 3 is 2.46 bits per heavy atom. The van der Waals surface area contributed by atoms with E-state index in [0.717, 1.165) is 24.7 Å². The van der Waals surface area contributed by atoms with Gasteiger partial charge in [0, 0.05) is 6.42 Å². The van der Waals surface area contributed by atoms with E-state index in [4.69, 9.17) is 0 Å². The van der Waals surface area contributed by atoms with Crippen LogP contribution in [0.2, 0.25) is 0 Å². The van der Waals surface area contributed by atoms with Crippen LogP contribution in [-0.2, 0) is 4.79 Å². The Balaban J connectivity index is 2.28. The van der Waals surface area contributed by atoms with Crippen molar-refractivity contribution in [3.05, 3.63) is 12.2 Å². The molecule has 0 aromatic rings. The fourth-order valence-electron chi connectivity index (χ4n) is 3.18. The summed E-state index contributed by atoms with van der Waals surface area (Å²) in [6.07, 6.45) is 8.39. The molecule has 0 aromatic carbocycles. The molecule has 0 aliphatic heterocycles. The fourth-order valence-corrected chi connectivity index (χ4v) is 3.18. The maximum absolute atomic E-state index is 11.4. The number of allylic oxidation sites excluding steroid dienone is 2. The number of rotatable bonds is 0. The molecular weight excluding hydrogens is 160 g/mol. The second kappa shape index (κ2) is 2.97. The molecule has 2 aliphatic carbocycles. The predicted molar refractivity (Wildman–Crippen MR) is 53.4 cm³/mol. The molecule has 0 radical (unpaired) electrons. The van der Waals surface area contributed by atoms with Gasteiger partial charge in [-0.2, -0.15) is 0 Å². The Morgan fingerprint density at radius 2 is 1.92 bits per heavy atom. The maximum atomic E-state index is 11.4. The van der Waals surface area contributed by atoms with Crippen LogP contribution in [0.3, 0.4) is 0 Å². The van der Waals surface area contributed by atoms with Crippen molar-refractivity contribution in [2.24, 2.45) is 17.3 Å². The van der Waals surface area contributed by atoms with E-state index < -0.39 is 0 Å². The van der Waals surface area contributed by atoms with Crippen LogP contribution in [-0.4, -0.2) is 5.78 Å². The third-order valence-electron chi connectivity index (χ3n) is 4.30. The van der Waals surface area contributed by atoms with Crippen molar-refractivity contribution in [3.8, 4) is 0 Å². The Labute approximate surface area is 80.2 Å². The minimum atomic E-state index is 0.325. The SMILES string of the molecule is C[C@@H]1CC[C@@H](C)C12CC=CC(=O)C2. The Morgan fingerprint density at radius 1 is 1.31 bits per heavy atom. The van der Waals surface area contributed by atoms with Crippen LogP contribution in [0.1, 0.15) is 39.5 Å². The maximum Gasteiger partial charge on any atom is 0.155 e. The molecule has 72 valence electrons. The summed E-state index contributed by atoms with van der Waals surface area (Å²) >= 11 is 0. The molecule has 0 heterocycles. The van der Waals surface area contributed by atoms with Crippen molar-refractivity contribution in [1.82, 2.24) is 0 Å². The summed E-state index contributed by atoms with van der Waals surface area (Å²) in [6, 6.07) is 0. The number of ketones is 1. The van der Waals surface area contributed by atoms with Crippen LogP contribution in [0, 0.1) is 17.3 Å². The molecule has 2 atom stereocenters. The van der Waals surface area contributed by atoms with Gasteiger partial charge in [-0.15, -0.1) is 0 Å². The van der Waals surface area contributed by atoms with Gasteiger partial charge in [0.2, 0.25) is 0 Å². The number of hydrogen-bond donors (Lipinski definition) is 0. The highest BCUT2D eigenvalue weighted by Crippen LogP contribution is 2.53. The highest BCUT2D eigenvalue weighted by Gasteiger charge is 2.46. The number of carbonyl (C=O) groups excluding carboxylic acids is 1. The van der Waals surface area contributed by atoms with Gasteiger partial charge in [-0.05, 0) is 42.6 Å². The van der Waals surface area contributed by atoms with E-state index >= 15 is 0 Å². The van der Waals surface area contributed by atoms with Crippen LogP contribution in [0.15, 0.2) is 12.2 Å². The zero-order valence-electron chi connectivity index (χ0n) is 8.55. The fraction of sp³-hybridized carbons (Fsp3) is 0.750. The first-order valence-electron chi connectivity index (χ1n) is 5.34. The molecule has 1 saturated carbocycles. The number of carbonyl (C=O) groups is 1. The van der Waals surface area contributed by atoms with E-state index in [1.54, 1.807) is 6.08 Å². The van der Waals surface area contributed by atoms with Crippen LogP contribution in [0.4, 0.5) is 0 Å². The van der Waals surface area contributed by atoms with Crippen molar-refractivity contribution in [2.45, 2.75) is 39.5 Å². The zero-order valence-corrected chi connectivity index (χ0v) is 8.55. The van der Waals surface area contributed by atoms with Crippen LogP contribution < -0.4 is 0 Å². The lowest BCUT2D eigenvalue weighted by Crippen LogP contribution is -2.33. The molecule has 1 nitrogen and oxygen atoms in total. The normalized spacial score (nSPS) is 37.2. The average Bonchev–Trinajstić information content (AvgIpc) is 2.34. The summed E-state index contributed by atoms with van der Waals surface area (Å²) in [4.78, 5) is 11.4. The second-order valence-corrected chi connectivity index (χ2v) is 4.86. The summed E-state index contributed by atoms with van der Waals surface area (Å²) in [5.41, 5.74) is 0.325. The lowest BCUT2D eigenvalue weighted by Gasteiger charge is -2.38. The van der Waals surface area contributed by atoms with Crippen molar-refractivity contribution >= 4 is 5.78 Å². The molecule has 0 amide bonds. The Hall–Kier alpha value is -0.590. The Kier molecular flexibility index (Phi) is 2.05. The van der Waals surface area contributed by atoms with E-state index in [0.29, 0.717) is 11.2 Å². The van der Waals surface area contributed by atoms with Gasteiger partial charge < -0.3 is 0 Å². The van der Waals surface area contributed by atoms with Gasteiger partial charge in [0.25, 0.3) is 0 Å². The summed E-state index contributed by atoms with van der Waals surface area (Å²) < 4.78 is 0. The minimum absolute atomic E-state index is 0.325. The summed E-state index contributed by atoms with van der Waals surface area (Å²) in [6.45, 7) is 4.63. The van der Waals surface area contributed by atoms with E-state index in [9.17, 15) is 4.79 Å². The highest BCUT2D eigenvalue weighted by molar-refractivity contribution is 5.91. The molecule has 2 rings (SSSR count). The molecule has 13 heavy (non-hydrogen) atoms. The monoisotopic (exact) mass is 178 g/mol. The van der Waals surface area contributed by atoms with Gasteiger partial charge in [0.05, 0.1) is 0 Å². The molecule has 0 saturated heterocycles. The lowest BCUT2D eigenvalue weighted by atomic mass is 9.66. The van der Waals surface area contributed by atoms with Crippen LogP contribution in [0.25, 0.3) is 0 Å². The molecule has 0 N–H and O–H groups in total. The number of hydrogen-bond acceptors (Lipinski definition) is 1. The minimum Gasteiger partial charge on any atom is -0.295 e. The van der Waals surface area contributed by atoms with Crippen molar-refractivity contribution in [1.29, 1.82) is 0 Å². The van der Waals surface area contributed by atoms with Gasteiger partial charge in [-0.25, -0.2) is 0 Å². The Bertz CT molecular complexity index is 242. The largest absolute Gasteiger partial charge is 0.295 e. The quantitative estimate of drug-likeness (QED) is 0.557. The van der Waals surface area contributed by atoms with Gasteiger partial charge in [-0.3, -0.25) is 4.79 Å². The van der Waals surface area contributed by atoms with Crippen molar-refractivity contribution < 1.29 is 4.79 Å². The highest BCUT2D eigenvalue weighted by atomic mass is 16.1. The third kappa shape index (κ3) is 1.25. The molecule has 1 spiro atoms. The molecule has 0 bridgehead atoms. The molecule has 0 aromatic heterocycles. The third-order valence-corrected chi connectivity index (χ3v) is 4.30. The summed E-state index contributed by atoms with van der Waals surface area (Å²) in [5.74, 6) is 1.81.